The number of aromatic nitrogens is 2. The van der Waals surface area contributed by atoms with Crippen molar-refractivity contribution in [1.29, 1.82) is 0 Å². The van der Waals surface area contributed by atoms with Crippen LogP contribution in [0.15, 0.2) is 36.5 Å². The van der Waals surface area contributed by atoms with Gasteiger partial charge in [0, 0.05) is 18.8 Å². The molecular weight excluding hydrogens is 366 g/mol. The first-order valence-electron chi connectivity index (χ1n) is 9.15. The van der Waals surface area contributed by atoms with Gasteiger partial charge in [-0.15, -0.1) is 0 Å². The molecule has 1 aromatic heterocycles. The molecule has 0 aliphatic carbocycles. The lowest BCUT2D eigenvalue weighted by Crippen LogP contribution is -2.42. The average molecular weight is 391 g/mol. The van der Waals surface area contributed by atoms with Gasteiger partial charge in [-0.25, -0.2) is 13.1 Å². The fourth-order valence-corrected chi connectivity index (χ4v) is 4.99. The first-order chi connectivity index (χ1) is 12.9. The van der Waals surface area contributed by atoms with Gasteiger partial charge >= 0.3 is 0 Å². The molecule has 1 unspecified atom stereocenters. The zero-order valence-corrected chi connectivity index (χ0v) is 16.5. The summed E-state index contributed by atoms with van der Waals surface area (Å²) in [5.41, 5.74) is 1.14. The fourth-order valence-electron chi connectivity index (χ4n) is 3.26. The summed E-state index contributed by atoms with van der Waals surface area (Å²) < 4.78 is 30.5. The quantitative estimate of drug-likeness (QED) is 0.723. The van der Waals surface area contributed by atoms with E-state index in [4.69, 9.17) is 4.74 Å². The van der Waals surface area contributed by atoms with Crippen LogP contribution in [0.4, 0.5) is 0 Å². The second kappa shape index (κ2) is 8.12. The van der Waals surface area contributed by atoms with Gasteiger partial charge < -0.3 is 9.64 Å². The molecule has 2 aromatic rings. The van der Waals surface area contributed by atoms with Crippen LogP contribution in [0.2, 0.25) is 0 Å². The Kier molecular flexibility index (Phi) is 5.84. The molecule has 1 atom stereocenters. The van der Waals surface area contributed by atoms with Crippen LogP contribution in [0.25, 0.3) is 5.69 Å². The van der Waals surface area contributed by atoms with Gasteiger partial charge in [0.25, 0.3) is 5.91 Å². The summed E-state index contributed by atoms with van der Waals surface area (Å²) in [4.78, 5) is 14.7. The van der Waals surface area contributed by atoms with Crippen LogP contribution in [-0.2, 0) is 9.84 Å². The predicted octanol–water partition coefficient (Wildman–Crippen LogP) is 2.31. The Morgan fingerprint density at radius 2 is 2.04 bits per heavy atom. The van der Waals surface area contributed by atoms with Crippen molar-refractivity contribution in [3.05, 3.63) is 42.2 Å². The van der Waals surface area contributed by atoms with Gasteiger partial charge in [0.15, 0.2) is 15.5 Å². The number of sulfone groups is 1. The second-order valence-corrected chi connectivity index (χ2v) is 8.98. The molecule has 1 fully saturated rings. The number of carbonyl (C=O) groups is 1. The lowest BCUT2D eigenvalue weighted by atomic mass is 10.2. The topological polar surface area (TPSA) is 81.5 Å². The van der Waals surface area contributed by atoms with E-state index in [0.29, 0.717) is 18.7 Å². The molecule has 0 N–H and O–H groups in total. The van der Waals surface area contributed by atoms with Crippen LogP contribution in [0.3, 0.4) is 0 Å². The first kappa shape index (κ1) is 19.4. The molecular formula is C19H25N3O4S. The summed E-state index contributed by atoms with van der Waals surface area (Å²) in [5, 5.41) is 4.41. The number of hydrogen-bond acceptors (Lipinski definition) is 5. The van der Waals surface area contributed by atoms with E-state index in [-0.39, 0.29) is 23.5 Å². The number of nitrogens with zero attached hydrogens (tertiary/aromatic N) is 3. The number of unbranched alkanes of at least 4 members (excludes halogenated alkanes) is 1. The highest BCUT2D eigenvalue weighted by molar-refractivity contribution is 7.91. The number of methoxy groups -OCH3 is 1. The van der Waals surface area contributed by atoms with E-state index in [9.17, 15) is 13.2 Å². The van der Waals surface area contributed by atoms with Gasteiger partial charge in [0.2, 0.25) is 0 Å². The predicted molar refractivity (Wildman–Crippen MR) is 103 cm³/mol. The Morgan fingerprint density at radius 1 is 1.30 bits per heavy atom. The molecule has 8 heteroatoms. The summed E-state index contributed by atoms with van der Waals surface area (Å²) in [7, 11) is -1.45. The van der Waals surface area contributed by atoms with Crippen molar-refractivity contribution in [1.82, 2.24) is 14.7 Å². The standard InChI is InChI=1S/C19H25N3O4S/c1-3-4-11-21(16-10-13-27(24,25)14-16)19(23)18-9-12-22(20-18)15-5-7-17(26-2)8-6-15/h5-9,12,16H,3-4,10-11,13-14H2,1-2H3. The normalized spacial score (nSPS) is 18.4. The number of hydrogen-bond donors (Lipinski definition) is 0. The molecule has 0 bridgehead atoms. The van der Waals surface area contributed by atoms with E-state index in [1.54, 1.807) is 29.0 Å². The molecule has 1 aliphatic heterocycles. The molecule has 7 nitrogen and oxygen atoms in total. The molecule has 0 saturated carbocycles. The van der Waals surface area contributed by atoms with E-state index >= 15 is 0 Å². The summed E-state index contributed by atoms with van der Waals surface area (Å²) in [6, 6.07) is 8.79. The summed E-state index contributed by atoms with van der Waals surface area (Å²) >= 11 is 0. The van der Waals surface area contributed by atoms with Gasteiger partial charge in [-0.2, -0.15) is 5.10 Å². The van der Waals surface area contributed by atoms with E-state index in [0.717, 1.165) is 24.3 Å². The van der Waals surface area contributed by atoms with Crippen molar-refractivity contribution in [3.63, 3.8) is 0 Å². The zero-order valence-electron chi connectivity index (χ0n) is 15.7. The Hall–Kier alpha value is -2.35. The van der Waals surface area contributed by atoms with Gasteiger partial charge in [0.05, 0.1) is 24.3 Å². The smallest absolute Gasteiger partial charge is 0.274 e. The second-order valence-electron chi connectivity index (χ2n) is 6.75. The monoisotopic (exact) mass is 391 g/mol. The molecule has 3 rings (SSSR count). The third-order valence-electron chi connectivity index (χ3n) is 4.81. The minimum atomic E-state index is -3.06. The van der Waals surface area contributed by atoms with E-state index < -0.39 is 9.84 Å². The lowest BCUT2D eigenvalue weighted by molar-refractivity contribution is 0.0687. The van der Waals surface area contributed by atoms with Gasteiger partial charge in [-0.1, -0.05) is 13.3 Å². The van der Waals surface area contributed by atoms with Crippen molar-refractivity contribution in [2.75, 3.05) is 25.2 Å². The number of ether oxygens (including phenoxy) is 1. The summed E-state index contributed by atoms with van der Waals surface area (Å²) in [6.45, 7) is 2.59. The fraction of sp³-hybridized carbons (Fsp3) is 0.474. The number of rotatable bonds is 7. The average Bonchev–Trinajstić information content (AvgIpc) is 3.29. The van der Waals surface area contributed by atoms with Crippen LogP contribution in [0, 0.1) is 0 Å². The SMILES string of the molecule is CCCCN(C(=O)c1ccn(-c2ccc(OC)cc2)n1)C1CCS(=O)(=O)C1. The van der Waals surface area contributed by atoms with Crippen molar-refractivity contribution in [3.8, 4) is 11.4 Å². The Labute approximate surface area is 159 Å². The van der Waals surface area contributed by atoms with Gasteiger partial charge in [-0.3, -0.25) is 4.79 Å². The van der Waals surface area contributed by atoms with Crippen molar-refractivity contribution in [2.24, 2.45) is 0 Å². The summed E-state index contributed by atoms with van der Waals surface area (Å²) in [5.74, 6) is 0.725. The minimum absolute atomic E-state index is 0.0433. The molecule has 1 aliphatic rings. The van der Waals surface area contributed by atoms with E-state index in [1.165, 1.54) is 0 Å². The Morgan fingerprint density at radius 3 is 2.63 bits per heavy atom. The van der Waals surface area contributed by atoms with Crippen LogP contribution < -0.4 is 4.74 Å². The third-order valence-corrected chi connectivity index (χ3v) is 6.56. The Balaban J connectivity index is 1.80. The van der Waals surface area contributed by atoms with Crippen molar-refractivity contribution >= 4 is 15.7 Å². The maximum Gasteiger partial charge on any atom is 0.274 e. The van der Waals surface area contributed by atoms with Gasteiger partial charge in [-0.05, 0) is 43.2 Å². The third kappa shape index (κ3) is 4.50. The minimum Gasteiger partial charge on any atom is -0.497 e. The Bertz CT molecular complexity index is 890. The highest BCUT2D eigenvalue weighted by Crippen LogP contribution is 2.21. The largest absolute Gasteiger partial charge is 0.497 e. The highest BCUT2D eigenvalue weighted by Gasteiger charge is 2.35. The molecule has 2 heterocycles. The first-order valence-corrected chi connectivity index (χ1v) is 11.0. The maximum absolute atomic E-state index is 13.0. The number of carbonyl (C=O) groups excluding carboxylic acids is 1. The van der Waals surface area contributed by atoms with Crippen LogP contribution in [0.1, 0.15) is 36.7 Å². The highest BCUT2D eigenvalue weighted by atomic mass is 32.2. The molecule has 0 radical (unpaired) electrons. The van der Waals surface area contributed by atoms with Crippen LogP contribution >= 0.6 is 0 Å². The van der Waals surface area contributed by atoms with Crippen molar-refractivity contribution in [2.45, 2.75) is 32.2 Å². The number of benzene rings is 1. The number of amides is 1. The zero-order chi connectivity index (χ0) is 19.4. The lowest BCUT2D eigenvalue weighted by Gasteiger charge is -2.27. The molecule has 146 valence electrons. The van der Waals surface area contributed by atoms with E-state index in [2.05, 4.69) is 5.10 Å². The van der Waals surface area contributed by atoms with Crippen LogP contribution in [0.5, 0.6) is 5.75 Å². The van der Waals surface area contributed by atoms with Crippen LogP contribution in [-0.4, -0.2) is 60.2 Å². The molecule has 0 spiro atoms. The molecule has 1 aromatic carbocycles. The molecule has 1 amide bonds. The summed E-state index contributed by atoms with van der Waals surface area (Å²) in [6.07, 6.45) is 4.00. The van der Waals surface area contributed by atoms with E-state index in [1.807, 2.05) is 31.2 Å². The van der Waals surface area contributed by atoms with Crippen molar-refractivity contribution < 1.29 is 17.9 Å². The van der Waals surface area contributed by atoms with Gasteiger partial charge in [0.1, 0.15) is 5.75 Å². The maximum atomic E-state index is 13.0. The molecule has 1 saturated heterocycles. The molecule has 27 heavy (non-hydrogen) atoms.